The molecule has 1 aliphatic heterocycles. The van der Waals surface area contributed by atoms with E-state index in [2.05, 4.69) is 0 Å². The van der Waals surface area contributed by atoms with E-state index in [1.165, 1.54) is 6.07 Å². The number of methoxy groups -OCH3 is 1. The number of ether oxygens (including phenoxy) is 5. The Morgan fingerprint density at radius 1 is 0.760 bits per heavy atom. The van der Waals surface area contributed by atoms with Crippen LogP contribution in [0.1, 0.15) is 0 Å². The van der Waals surface area contributed by atoms with Gasteiger partial charge in [0.15, 0.2) is 0 Å². The molecule has 0 amide bonds. The Bertz CT molecular complexity index is 537. The van der Waals surface area contributed by atoms with Gasteiger partial charge in [-0.2, -0.15) is 0 Å². The monoisotopic (exact) mass is 353 g/mol. The molecule has 0 saturated carbocycles. The third-order valence-corrected chi connectivity index (χ3v) is 3.76. The summed E-state index contributed by atoms with van der Waals surface area (Å²) in [4.78, 5) is 14.4. The summed E-state index contributed by atoms with van der Waals surface area (Å²) in [5.74, 6) is 0.642. The van der Waals surface area contributed by atoms with Crippen molar-refractivity contribution in [2.24, 2.45) is 0 Å². The molecule has 1 saturated heterocycles. The molecule has 1 aromatic carbocycles. The molecule has 0 unspecified atom stereocenters. The summed E-state index contributed by atoms with van der Waals surface area (Å²) < 4.78 is 27.2. The maximum Gasteiger partial charge on any atom is 0.201 e. The van der Waals surface area contributed by atoms with Crippen molar-refractivity contribution in [3.8, 4) is 5.75 Å². The average Bonchev–Trinajstić information content (AvgIpc) is 2.81. The van der Waals surface area contributed by atoms with Crippen LogP contribution in [-0.2, 0) is 18.9 Å². The molecule has 1 heterocycles. The van der Waals surface area contributed by atoms with Crippen molar-refractivity contribution in [2.45, 2.75) is 0 Å². The zero-order valence-electron chi connectivity index (χ0n) is 14.8. The van der Waals surface area contributed by atoms with E-state index in [1.54, 1.807) is 25.3 Å². The van der Waals surface area contributed by atoms with Crippen LogP contribution >= 0.6 is 0 Å². The van der Waals surface area contributed by atoms with Gasteiger partial charge in [0.1, 0.15) is 5.75 Å². The summed E-state index contributed by atoms with van der Waals surface area (Å²) in [6.45, 7) is 5.42. The van der Waals surface area contributed by atoms with Crippen molar-refractivity contribution in [2.75, 3.05) is 78.0 Å². The zero-order chi connectivity index (χ0) is 17.7. The van der Waals surface area contributed by atoms with Crippen molar-refractivity contribution in [1.29, 1.82) is 0 Å². The lowest BCUT2D eigenvalue weighted by Crippen LogP contribution is -2.34. The molecule has 140 valence electrons. The zero-order valence-corrected chi connectivity index (χ0v) is 14.8. The van der Waals surface area contributed by atoms with E-state index in [0.29, 0.717) is 77.4 Å². The number of rotatable bonds is 2. The molecular weight excluding hydrogens is 326 g/mol. The van der Waals surface area contributed by atoms with Crippen LogP contribution in [0.15, 0.2) is 29.1 Å². The second-order valence-corrected chi connectivity index (χ2v) is 5.46. The van der Waals surface area contributed by atoms with E-state index in [4.69, 9.17) is 23.7 Å². The molecule has 1 aliphatic rings. The summed E-state index contributed by atoms with van der Waals surface area (Å²) in [7, 11) is 1.58. The molecule has 0 bridgehead atoms. The molecule has 7 heteroatoms. The molecule has 0 aliphatic carbocycles. The van der Waals surface area contributed by atoms with Crippen molar-refractivity contribution in [1.82, 2.24) is 0 Å². The Labute approximate surface area is 148 Å². The van der Waals surface area contributed by atoms with E-state index in [9.17, 15) is 4.79 Å². The first-order valence-electron chi connectivity index (χ1n) is 8.55. The highest BCUT2D eigenvalue weighted by atomic mass is 16.6. The highest BCUT2D eigenvalue weighted by molar-refractivity contribution is 5.47. The largest absolute Gasteiger partial charge is 0.497 e. The van der Waals surface area contributed by atoms with Crippen LogP contribution in [-0.4, -0.2) is 73.1 Å². The van der Waals surface area contributed by atoms with Gasteiger partial charge in [-0.05, 0) is 24.3 Å². The Balaban J connectivity index is 2.03. The van der Waals surface area contributed by atoms with Gasteiger partial charge in [-0.3, -0.25) is 4.79 Å². The first-order chi connectivity index (χ1) is 12.3. The van der Waals surface area contributed by atoms with E-state index in [1.807, 2.05) is 4.90 Å². The Kier molecular flexibility index (Phi) is 9.28. The lowest BCUT2D eigenvalue weighted by Gasteiger charge is -2.23. The molecule has 0 radical (unpaired) electrons. The minimum absolute atomic E-state index is 0.0621. The Hall–Kier alpha value is -1.67. The van der Waals surface area contributed by atoms with Gasteiger partial charge in [-0.15, -0.1) is 0 Å². The van der Waals surface area contributed by atoms with Crippen LogP contribution in [0.3, 0.4) is 0 Å². The molecule has 7 nitrogen and oxygen atoms in total. The number of nitrogens with zero attached hydrogens (tertiary/aromatic N) is 1. The van der Waals surface area contributed by atoms with E-state index in [0.717, 1.165) is 0 Å². The van der Waals surface area contributed by atoms with Crippen LogP contribution in [0.4, 0.5) is 5.69 Å². The van der Waals surface area contributed by atoms with E-state index in [-0.39, 0.29) is 5.43 Å². The normalized spacial score (nSPS) is 18.8. The van der Waals surface area contributed by atoms with E-state index < -0.39 is 0 Å². The van der Waals surface area contributed by atoms with Gasteiger partial charge in [-0.25, -0.2) is 0 Å². The summed E-state index contributed by atoms with van der Waals surface area (Å²) >= 11 is 0. The quantitative estimate of drug-likeness (QED) is 0.784. The number of hydrogen-bond acceptors (Lipinski definition) is 7. The standard InChI is InChI=1S/C18H27NO6/c1-21-16-2-4-17(18(20)5-3-16)19-6-8-22-10-12-24-14-15-25-13-11-23-9-7-19/h2-5H,6-15H2,1H3. The smallest absolute Gasteiger partial charge is 0.201 e. The van der Waals surface area contributed by atoms with Crippen LogP contribution < -0.4 is 15.1 Å². The van der Waals surface area contributed by atoms with Gasteiger partial charge < -0.3 is 28.6 Å². The fourth-order valence-electron chi connectivity index (χ4n) is 2.40. The topological polar surface area (TPSA) is 66.5 Å². The van der Waals surface area contributed by atoms with Crippen LogP contribution in [0.5, 0.6) is 5.75 Å². The first kappa shape index (κ1) is 19.7. The lowest BCUT2D eigenvalue weighted by atomic mass is 10.3. The van der Waals surface area contributed by atoms with Gasteiger partial charge in [0, 0.05) is 13.1 Å². The minimum Gasteiger partial charge on any atom is -0.497 e. The Morgan fingerprint density at radius 2 is 1.24 bits per heavy atom. The second-order valence-electron chi connectivity index (χ2n) is 5.46. The third kappa shape index (κ3) is 7.39. The van der Waals surface area contributed by atoms with Gasteiger partial charge in [-0.1, -0.05) is 0 Å². The first-order valence-corrected chi connectivity index (χ1v) is 8.55. The van der Waals surface area contributed by atoms with E-state index >= 15 is 0 Å². The van der Waals surface area contributed by atoms with Crippen molar-refractivity contribution < 1.29 is 23.7 Å². The molecule has 1 fully saturated rings. The Morgan fingerprint density at radius 3 is 1.76 bits per heavy atom. The number of anilines is 1. The molecule has 2 rings (SSSR count). The number of hydrogen-bond donors (Lipinski definition) is 0. The second kappa shape index (κ2) is 11.8. The fourth-order valence-corrected chi connectivity index (χ4v) is 2.40. The predicted molar refractivity (Wildman–Crippen MR) is 94.8 cm³/mol. The minimum atomic E-state index is -0.0621. The maximum absolute atomic E-state index is 12.4. The summed E-state index contributed by atoms with van der Waals surface area (Å²) in [5, 5.41) is 0. The van der Waals surface area contributed by atoms with Gasteiger partial charge >= 0.3 is 0 Å². The highest BCUT2D eigenvalue weighted by Crippen LogP contribution is 2.12. The predicted octanol–water partition coefficient (Wildman–Crippen LogP) is 0.942. The molecule has 1 aromatic rings. The van der Waals surface area contributed by atoms with Crippen LogP contribution in [0.25, 0.3) is 0 Å². The van der Waals surface area contributed by atoms with Gasteiger partial charge in [0.25, 0.3) is 0 Å². The van der Waals surface area contributed by atoms with Crippen molar-refractivity contribution in [3.05, 3.63) is 34.5 Å². The molecule has 0 atom stereocenters. The lowest BCUT2D eigenvalue weighted by molar-refractivity contribution is 0.00206. The SMILES string of the molecule is COc1ccc(N2CCOCCOCCOCCOCC2)c(=O)cc1. The molecule has 0 spiro atoms. The van der Waals surface area contributed by atoms with Crippen LogP contribution in [0.2, 0.25) is 0 Å². The summed E-state index contributed by atoms with van der Waals surface area (Å²) in [5.41, 5.74) is 0.542. The maximum atomic E-state index is 12.4. The van der Waals surface area contributed by atoms with Crippen LogP contribution in [0, 0.1) is 0 Å². The molecular formula is C18H27NO6. The van der Waals surface area contributed by atoms with Crippen molar-refractivity contribution >= 4 is 5.69 Å². The molecule has 0 N–H and O–H groups in total. The third-order valence-electron chi connectivity index (χ3n) is 3.76. The summed E-state index contributed by atoms with van der Waals surface area (Å²) in [6, 6.07) is 6.76. The molecule has 25 heavy (non-hydrogen) atoms. The highest BCUT2D eigenvalue weighted by Gasteiger charge is 2.10. The fraction of sp³-hybridized carbons (Fsp3) is 0.611. The van der Waals surface area contributed by atoms with Crippen molar-refractivity contribution in [3.63, 3.8) is 0 Å². The summed E-state index contributed by atoms with van der Waals surface area (Å²) in [6.07, 6.45) is 0. The molecule has 0 aromatic heterocycles. The van der Waals surface area contributed by atoms with Gasteiger partial charge in [0.2, 0.25) is 5.43 Å². The average molecular weight is 353 g/mol. The van der Waals surface area contributed by atoms with Gasteiger partial charge in [0.05, 0.1) is 65.7 Å².